The van der Waals surface area contributed by atoms with E-state index in [1.165, 1.54) is 17.2 Å². The van der Waals surface area contributed by atoms with Crippen LogP contribution in [0.5, 0.6) is 0 Å². The molecule has 216 valence electrons. The van der Waals surface area contributed by atoms with Gasteiger partial charge < -0.3 is 30.5 Å². The summed E-state index contributed by atoms with van der Waals surface area (Å²) in [5.41, 5.74) is 1.39. The van der Waals surface area contributed by atoms with Gasteiger partial charge in [-0.15, -0.1) is 0 Å². The van der Waals surface area contributed by atoms with Crippen molar-refractivity contribution in [2.75, 3.05) is 5.32 Å². The number of fused-ring (bicyclic) bond motifs is 2. The van der Waals surface area contributed by atoms with Gasteiger partial charge in [-0.1, -0.05) is 41.9 Å². The third-order valence-electron chi connectivity index (χ3n) is 7.30. The van der Waals surface area contributed by atoms with Crippen molar-refractivity contribution in [3.05, 3.63) is 88.3 Å². The second-order valence-electron chi connectivity index (χ2n) is 9.92. The number of ether oxygens (including phenoxy) is 1. The summed E-state index contributed by atoms with van der Waals surface area (Å²) in [6.45, 7) is 1.85. The molecular formula is C28H25ClN6O7. The number of imidazole rings is 1. The van der Waals surface area contributed by atoms with Gasteiger partial charge >= 0.3 is 5.97 Å². The summed E-state index contributed by atoms with van der Waals surface area (Å²) >= 11 is 6.42. The molecule has 1 saturated heterocycles. The molecule has 5 N–H and O–H groups in total. The molecule has 6 rings (SSSR count). The zero-order valence-corrected chi connectivity index (χ0v) is 22.7. The van der Waals surface area contributed by atoms with Crippen LogP contribution in [0.3, 0.4) is 0 Å². The molecule has 6 atom stereocenters. The smallest absolute Gasteiger partial charge is 0.335 e. The average molecular weight is 593 g/mol. The molecule has 0 radical (unpaired) electrons. The van der Waals surface area contributed by atoms with Crippen LogP contribution in [-0.4, -0.2) is 74.9 Å². The number of anilines is 1. The summed E-state index contributed by atoms with van der Waals surface area (Å²) in [6.07, 6.45) is -6.00. The molecule has 4 heterocycles. The molecule has 1 fully saturated rings. The highest BCUT2D eigenvalue weighted by atomic mass is 35.5. The Morgan fingerprint density at radius 2 is 1.79 bits per heavy atom. The van der Waals surface area contributed by atoms with Gasteiger partial charge in [-0.05, 0) is 36.6 Å². The molecule has 2 aromatic carbocycles. The van der Waals surface area contributed by atoms with Crippen LogP contribution in [-0.2, 0) is 9.53 Å². The fourth-order valence-corrected chi connectivity index (χ4v) is 5.48. The van der Waals surface area contributed by atoms with Crippen LogP contribution in [0.25, 0.3) is 27.6 Å². The Labute approximate surface area is 242 Å². The number of benzene rings is 2. The molecule has 0 unspecified atom stereocenters. The summed E-state index contributed by atoms with van der Waals surface area (Å²) in [5.74, 6) is -1.22. The fourth-order valence-electron chi connectivity index (χ4n) is 5.22. The van der Waals surface area contributed by atoms with E-state index in [1.807, 2.05) is 49.4 Å². The van der Waals surface area contributed by atoms with Crippen molar-refractivity contribution >= 4 is 45.3 Å². The first-order valence-electron chi connectivity index (χ1n) is 12.9. The van der Waals surface area contributed by atoms with Crippen molar-refractivity contribution < 1.29 is 30.0 Å². The van der Waals surface area contributed by atoms with E-state index in [0.29, 0.717) is 27.2 Å². The van der Waals surface area contributed by atoms with E-state index in [-0.39, 0.29) is 22.5 Å². The van der Waals surface area contributed by atoms with Gasteiger partial charge in [0.2, 0.25) is 0 Å². The quantitative estimate of drug-likeness (QED) is 0.194. The monoisotopic (exact) mass is 592 g/mol. The van der Waals surface area contributed by atoms with E-state index >= 15 is 0 Å². The van der Waals surface area contributed by atoms with Crippen molar-refractivity contribution in [2.45, 2.75) is 43.6 Å². The van der Waals surface area contributed by atoms with Crippen LogP contribution in [0.15, 0.2) is 72.0 Å². The zero-order valence-electron chi connectivity index (χ0n) is 21.9. The lowest BCUT2D eigenvalue weighted by atomic mass is 9.98. The number of para-hydroxylation sites is 1. The van der Waals surface area contributed by atoms with E-state index < -0.39 is 42.7 Å². The lowest BCUT2D eigenvalue weighted by molar-refractivity contribution is -0.246. The average Bonchev–Trinajstić information content (AvgIpc) is 3.41. The highest BCUT2D eigenvalue weighted by Gasteiger charge is 2.48. The maximum Gasteiger partial charge on any atom is 0.335 e. The molecule has 0 bridgehead atoms. The number of rotatable bonds is 6. The predicted octanol–water partition coefficient (Wildman–Crippen LogP) is 2.02. The first-order chi connectivity index (χ1) is 20.2. The predicted molar refractivity (Wildman–Crippen MR) is 151 cm³/mol. The molecule has 5 aromatic rings. The molecule has 0 amide bonds. The first kappa shape index (κ1) is 27.8. The van der Waals surface area contributed by atoms with Crippen molar-refractivity contribution in [2.24, 2.45) is 0 Å². The van der Waals surface area contributed by atoms with E-state index in [9.17, 15) is 30.0 Å². The first-order valence-corrected chi connectivity index (χ1v) is 13.3. The van der Waals surface area contributed by atoms with Gasteiger partial charge in [0.05, 0.1) is 22.8 Å². The molecular weight excluding hydrogens is 568 g/mol. The largest absolute Gasteiger partial charge is 0.479 e. The lowest BCUT2D eigenvalue weighted by Crippen LogP contribution is -2.57. The van der Waals surface area contributed by atoms with Crippen molar-refractivity contribution in [1.29, 1.82) is 0 Å². The summed E-state index contributed by atoms with van der Waals surface area (Å²) in [7, 11) is 0. The molecule has 42 heavy (non-hydrogen) atoms. The molecule has 0 saturated carbocycles. The number of carboxylic acids is 1. The van der Waals surface area contributed by atoms with Gasteiger partial charge in [0.25, 0.3) is 5.56 Å². The van der Waals surface area contributed by atoms with Crippen LogP contribution in [0.2, 0.25) is 5.02 Å². The van der Waals surface area contributed by atoms with Gasteiger partial charge in [-0.3, -0.25) is 13.9 Å². The van der Waals surface area contributed by atoms with Crippen LogP contribution in [0.4, 0.5) is 5.82 Å². The molecule has 1 aliphatic heterocycles. The van der Waals surface area contributed by atoms with Crippen LogP contribution in [0.1, 0.15) is 24.9 Å². The lowest BCUT2D eigenvalue weighted by Gasteiger charge is -2.39. The van der Waals surface area contributed by atoms with Gasteiger partial charge in [0.15, 0.2) is 29.3 Å². The van der Waals surface area contributed by atoms with Crippen molar-refractivity contribution in [3.63, 3.8) is 0 Å². The van der Waals surface area contributed by atoms with Gasteiger partial charge in [-0.2, -0.15) is 0 Å². The van der Waals surface area contributed by atoms with Gasteiger partial charge in [0, 0.05) is 11.4 Å². The number of aromatic nitrogens is 5. The number of halogens is 1. The standard InChI is InChI=1S/C28H25ClN6O7/c1-13(17-10-14-6-5-9-16(29)18(14)26(39)35(17)15-7-3-2-4-8-15)33-24-19-25(31-11-30-24)34(12-32-19)27-22(38)20(36)21(37)23(42-27)28(40)41/h2-13,20-23,27,36-38H,1H3,(H,40,41)(H,30,31,33)/t13-,20+,21+,22-,23+,27-/m1/s1. The van der Waals surface area contributed by atoms with E-state index in [0.717, 1.165) is 0 Å². The van der Waals surface area contributed by atoms with E-state index in [4.69, 9.17) is 16.3 Å². The minimum Gasteiger partial charge on any atom is -0.479 e. The third-order valence-corrected chi connectivity index (χ3v) is 7.62. The van der Waals surface area contributed by atoms with E-state index in [1.54, 1.807) is 16.7 Å². The second-order valence-corrected chi connectivity index (χ2v) is 10.3. The Morgan fingerprint density at radius 3 is 2.52 bits per heavy atom. The van der Waals surface area contributed by atoms with E-state index in [2.05, 4.69) is 20.3 Å². The summed E-state index contributed by atoms with van der Waals surface area (Å²) < 4.78 is 8.29. The fraction of sp³-hybridized carbons (Fsp3) is 0.250. The summed E-state index contributed by atoms with van der Waals surface area (Å²) in [6, 6.07) is 15.7. The van der Waals surface area contributed by atoms with Crippen molar-refractivity contribution in [1.82, 2.24) is 24.1 Å². The van der Waals surface area contributed by atoms with Crippen LogP contribution in [0, 0.1) is 0 Å². The number of hydrogen-bond acceptors (Lipinski definition) is 10. The normalized spacial score (nSPS) is 23.2. The SMILES string of the molecule is C[C@@H](Nc1ncnc2c1ncn2[C@@H]1O[C@H](C(=O)O)[C@@H](O)[C@H](O)[C@H]1O)c1cc2cccc(Cl)c2c(=O)n1-c1ccccc1. The molecule has 0 spiro atoms. The minimum absolute atomic E-state index is 0.169. The number of aliphatic hydroxyl groups is 3. The number of nitrogens with one attached hydrogen (secondary N) is 1. The zero-order chi connectivity index (χ0) is 29.7. The number of carbonyl (C=O) groups is 1. The Morgan fingerprint density at radius 1 is 1.02 bits per heavy atom. The number of pyridine rings is 1. The highest BCUT2D eigenvalue weighted by Crippen LogP contribution is 2.33. The number of hydrogen-bond donors (Lipinski definition) is 5. The minimum atomic E-state index is -1.84. The Balaban J connectivity index is 1.41. The maximum atomic E-state index is 13.8. The van der Waals surface area contributed by atoms with Gasteiger partial charge in [-0.25, -0.2) is 19.7 Å². The number of aliphatic carboxylic acids is 1. The molecule has 3 aromatic heterocycles. The topological polar surface area (TPSA) is 185 Å². The number of aliphatic hydroxyl groups excluding tert-OH is 3. The molecule has 14 heteroatoms. The number of carboxylic acid groups (broad SMARTS) is 1. The maximum absolute atomic E-state index is 13.8. The molecule has 1 aliphatic rings. The summed E-state index contributed by atoms with van der Waals surface area (Å²) in [4.78, 5) is 38.3. The third kappa shape index (κ3) is 4.57. The Hall–Kier alpha value is -4.40. The molecule has 0 aliphatic carbocycles. The van der Waals surface area contributed by atoms with Gasteiger partial charge in [0.1, 0.15) is 24.6 Å². The highest BCUT2D eigenvalue weighted by molar-refractivity contribution is 6.35. The second kappa shape index (κ2) is 10.8. The molecule has 13 nitrogen and oxygen atoms in total. The Bertz CT molecular complexity index is 1860. The number of nitrogens with zero attached hydrogens (tertiary/aromatic N) is 5. The summed E-state index contributed by atoms with van der Waals surface area (Å²) in [5, 5.41) is 45.0. The van der Waals surface area contributed by atoms with Crippen molar-refractivity contribution in [3.8, 4) is 5.69 Å². The van der Waals surface area contributed by atoms with Crippen LogP contribution >= 0.6 is 11.6 Å². The Kier molecular flexibility index (Phi) is 7.12. The van der Waals surface area contributed by atoms with Crippen LogP contribution < -0.4 is 10.9 Å².